The van der Waals surface area contributed by atoms with Crippen LogP contribution in [0.15, 0.2) is 41.3 Å². The van der Waals surface area contributed by atoms with Crippen LogP contribution in [-0.4, -0.2) is 48.7 Å². The van der Waals surface area contributed by atoms with Crippen molar-refractivity contribution in [2.75, 3.05) is 25.5 Å². The number of ether oxygens (including phenoxy) is 1. The lowest BCUT2D eigenvalue weighted by Crippen LogP contribution is -2.43. The SMILES string of the molecule is COc1cc([N+](=O)[O-])cc2sc(NC(=O)C3CCCN(S(=O)(=O)c4ccc(C)cc4)C3)nc12. The largest absolute Gasteiger partial charge is 0.494 e. The predicted octanol–water partition coefficient (Wildman–Crippen LogP) is 3.56. The van der Waals surface area contributed by atoms with E-state index in [-0.39, 0.29) is 33.9 Å². The Morgan fingerprint density at radius 3 is 2.70 bits per heavy atom. The van der Waals surface area contributed by atoms with E-state index in [2.05, 4.69) is 10.3 Å². The molecule has 174 valence electrons. The molecule has 1 N–H and O–H groups in total. The Bertz CT molecular complexity index is 1320. The first-order chi connectivity index (χ1) is 15.7. The Hall–Kier alpha value is -3.09. The molecule has 1 fully saturated rings. The molecule has 1 aromatic heterocycles. The van der Waals surface area contributed by atoms with Gasteiger partial charge in [0.15, 0.2) is 10.9 Å². The van der Waals surface area contributed by atoms with Crippen LogP contribution in [0.25, 0.3) is 10.2 Å². The van der Waals surface area contributed by atoms with Gasteiger partial charge < -0.3 is 10.1 Å². The fourth-order valence-corrected chi connectivity index (χ4v) is 6.18. The van der Waals surface area contributed by atoms with Crippen LogP contribution < -0.4 is 10.1 Å². The molecule has 4 rings (SSSR count). The van der Waals surface area contributed by atoms with E-state index < -0.39 is 20.9 Å². The number of nitrogens with one attached hydrogen (secondary N) is 1. The summed E-state index contributed by atoms with van der Waals surface area (Å²) in [6, 6.07) is 9.29. The summed E-state index contributed by atoms with van der Waals surface area (Å²) in [7, 11) is -2.31. The van der Waals surface area contributed by atoms with Crippen molar-refractivity contribution in [2.24, 2.45) is 5.92 Å². The molecule has 0 spiro atoms. The summed E-state index contributed by atoms with van der Waals surface area (Å²) in [4.78, 5) is 28.1. The number of non-ortho nitro benzene ring substituents is 1. The molecule has 0 saturated carbocycles. The number of methoxy groups -OCH3 is 1. The number of carbonyl (C=O) groups is 1. The van der Waals surface area contributed by atoms with Crippen LogP contribution in [0.4, 0.5) is 10.8 Å². The maximum absolute atomic E-state index is 13.0. The van der Waals surface area contributed by atoms with E-state index in [1.807, 2.05) is 6.92 Å². The lowest BCUT2D eigenvalue weighted by molar-refractivity contribution is -0.384. The van der Waals surface area contributed by atoms with Gasteiger partial charge in [-0.2, -0.15) is 4.31 Å². The molecule has 10 nitrogen and oxygen atoms in total. The lowest BCUT2D eigenvalue weighted by atomic mass is 9.99. The van der Waals surface area contributed by atoms with Gasteiger partial charge in [-0.1, -0.05) is 29.0 Å². The summed E-state index contributed by atoms with van der Waals surface area (Å²) in [5.74, 6) is -0.641. The lowest BCUT2D eigenvalue weighted by Gasteiger charge is -2.31. The Balaban J connectivity index is 1.52. The summed E-state index contributed by atoms with van der Waals surface area (Å²) < 4.78 is 33.1. The van der Waals surface area contributed by atoms with E-state index >= 15 is 0 Å². The van der Waals surface area contributed by atoms with Crippen LogP contribution >= 0.6 is 11.3 Å². The quantitative estimate of drug-likeness (QED) is 0.413. The third-order valence-corrected chi connectivity index (χ3v) is 8.32. The first-order valence-electron chi connectivity index (χ1n) is 10.2. The number of nitro benzene ring substituents is 1. The Labute approximate surface area is 194 Å². The molecule has 33 heavy (non-hydrogen) atoms. The van der Waals surface area contributed by atoms with Crippen molar-refractivity contribution >= 4 is 48.3 Å². The molecule has 1 saturated heterocycles. The zero-order valence-corrected chi connectivity index (χ0v) is 19.6. The van der Waals surface area contributed by atoms with Crippen LogP contribution in [0, 0.1) is 23.0 Å². The van der Waals surface area contributed by atoms with Gasteiger partial charge in [-0.25, -0.2) is 13.4 Å². The van der Waals surface area contributed by atoms with Gasteiger partial charge in [0.25, 0.3) is 5.69 Å². The molecule has 1 aliphatic rings. The van der Waals surface area contributed by atoms with Crippen molar-refractivity contribution in [1.29, 1.82) is 0 Å². The molecule has 2 heterocycles. The van der Waals surface area contributed by atoms with E-state index in [0.717, 1.165) is 16.9 Å². The average molecular weight is 491 g/mol. The van der Waals surface area contributed by atoms with Crippen molar-refractivity contribution in [1.82, 2.24) is 9.29 Å². The number of piperidine rings is 1. The van der Waals surface area contributed by atoms with Crippen molar-refractivity contribution in [3.8, 4) is 5.75 Å². The number of aryl methyl sites for hydroxylation is 1. The number of anilines is 1. The van der Waals surface area contributed by atoms with E-state index in [9.17, 15) is 23.3 Å². The fourth-order valence-electron chi connectivity index (χ4n) is 3.74. The smallest absolute Gasteiger partial charge is 0.274 e. The van der Waals surface area contributed by atoms with Crippen molar-refractivity contribution in [3.63, 3.8) is 0 Å². The van der Waals surface area contributed by atoms with Gasteiger partial charge in [-0.05, 0) is 31.9 Å². The predicted molar refractivity (Wildman–Crippen MR) is 124 cm³/mol. The zero-order valence-electron chi connectivity index (χ0n) is 18.0. The summed E-state index contributed by atoms with van der Waals surface area (Å²) in [5.41, 5.74) is 1.24. The second-order valence-corrected chi connectivity index (χ2v) is 10.7. The van der Waals surface area contributed by atoms with Crippen LogP contribution in [-0.2, 0) is 14.8 Å². The molecule has 12 heteroatoms. The van der Waals surface area contributed by atoms with Gasteiger partial charge in [0, 0.05) is 19.2 Å². The van der Waals surface area contributed by atoms with E-state index in [4.69, 9.17) is 4.74 Å². The summed E-state index contributed by atoms with van der Waals surface area (Å²) >= 11 is 1.10. The highest BCUT2D eigenvalue weighted by molar-refractivity contribution is 7.89. The third kappa shape index (κ3) is 4.68. The number of aromatic nitrogens is 1. The van der Waals surface area contributed by atoms with Crippen molar-refractivity contribution in [2.45, 2.75) is 24.7 Å². The summed E-state index contributed by atoms with van der Waals surface area (Å²) in [5, 5.41) is 14.2. The Kier molecular flexibility index (Phi) is 6.32. The minimum atomic E-state index is -3.70. The molecule has 0 bridgehead atoms. The number of thiazole rings is 1. The van der Waals surface area contributed by atoms with Gasteiger partial charge in [-0.3, -0.25) is 14.9 Å². The number of carbonyl (C=O) groups excluding carboxylic acids is 1. The third-order valence-electron chi connectivity index (χ3n) is 5.52. The van der Waals surface area contributed by atoms with E-state index in [1.54, 1.807) is 24.3 Å². The number of benzene rings is 2. The van der Waals surface area contributed by atoms with Crippen LogP contribution in [0.1, 0.15) is 18.4 Å². The molecular weight excluding hydrogens is 468 g/mol. The highest BCUT2D eigenvalue weighted by Gasteiger charge is 2.33. The number of hydrogen-bond donors (Lipinski definition) is 1. The normalized spacial score (nSPS) is 17.1. The van der Waals surface area contributed by atoms with Gasteiger partial charge >= 0.3 is 0 Å². The molecule has 2 aromatic carbocycles. The molecule has 0 aliphatic carbocycles. The maximum Gasteiger partial charge on any atom is 0.274 e. The Morgan fingerprint density at radius 1 is 1.30 bits per heavy atom. The topological polar surface area (TPSA) is 132 Å². The number of nitrogens with zero attached hydrogens (tertiary/aromatic N) is 3. The molecule has 0 radical (unpaired) electrons. The molecule has 1 amide bonds. The van der Waals surface area contributed by atoms with Gasteiger partial charge in [0.05, 0.1) is 33.6 Å². The van der Waals surface area contributed by atoms with Gasteiger partial charge in [0.1, 0.15) is 5.52 Å². The van der Waals surface area contributed by atoms with Crippen molar-refractivity contribution in [3.05, 3.63) is 52.1 Å². The molecule has 1 unspecified atom stereocenters. The number of fused-ring (bicyclic) bond motifs is 1. The second kappa shape index (κ2) is 9.04. The molecular formula is C21H22N4O6S2. The van der Waals surface area contributed by atoms with Crippen LogP contribution in [0.5, 0.6) is 5.75 Å². The summed E-state index contributed by atoms with van der Waals surface area (Å²) in [6.07, 6.45) is 1.11. The summed E-state index contributed by atoms with van der Waals surface area (Å²) in [6.45, 7) is 2.30. The van der Waals surface area contributed by atoms with Gasteiger partial charge in [0.2, 0.25) is 15.9 Å². The van der Waals surface area contributed by atoms with Crippen molar-refractivity contribution < 1.29 is 22.9 Å². The zero-order chi connectivity index (χ0) is 23.8. The minimum Gasteiger partial charge on any atom is -0.494 e. The molecule has 3 aromatic rings. The number of hydrogen-bond acceptors (Lipinski definition) is 8. The maximum atomic E-state index is 13.0. The number of amides is 1. The first-order valence-corrected chi connectivity index (χ1v) is 12.5. The van der Waals surface area contributed by atoms with E-state index in [0.29, 0.717) is 29.6 Å². The highest BCUT2D eigenvalue weighted by Crippen LogP contribution is 2.36. The average Bonchev–Trinajstić information content (AvgIpc) is 3.21. The highest BCUT2D eigenvalue weighted by atomic mass is 32.2. The monoisotopic (exact) mass is 490 g/mol. The fraction of sp³-hybridized carbons (Fsp3) is 0.333. The van der Waals surface area contributed by atoms with Crippen LogP contribution in [0.2, 0.25) is 0 Å². The minimum absolute atomic E-state index is 0.0712. The van der Waals surface area contributed by atoms with Crippen LogP contribution in [0.3, 0.4) is 0 Å². The number of sulfonamides is 1. The second-order valence-electron chi connectivity index (χ2n) is 7.78. The van der Waals surface area contributed by atoms with Gasteiger partial charge in [-0.15, -0.1) is 0 Å². The number of nitro groups is 1. The molecule has 1 aliphatic heterocycles. The number of rotatable bonds is 6. The Morgan fingerprint density at radius 2 is 2.03 bits per heavy atom. The molecule has 1 atom stereocenters. The first kappa shape index (κ1) is 23.1. The standard InChI is InChI=1S/C21H22N4O6S2/c1-13-5-7-16(8-6-13)33(29,30)24-9-3-4-14(12-24)20(26)23-21-22-19-17(31-2)10-15(25(27)28)11-18(19)32-21/h5-8,10-11,14H,3-4,9,12H2,1-2H3,(H,22,23,26). The van der Waals surface area contributed by atoms with E-state index in [1.165, 1.54) is 23.5 Å².